The van der Waals surface area contributed by atoms with Gasteiger partial charge in [-0.25, -0.2) is 0 Å². The summed E-state index contributed by atoms with van der Waals surface area (Å²) in [6.45, 7) is 7.30. The Balaban J connectivity index is 1.65. The van der Waals surface area contributed by atoms with Crippen LogP contribution in [0.15, 0.2) is 23.1 Å². The molecular formula is C19H30N2O2S. The third kappa shape index (κ3) is 6.11. The Hall–Kier alpha value is -1.04. The number of thioether (sulfide) groups is 1. The number of likely N-dealkylation sites (tertiary alicyclic amines) is 1. The van der Waals surface area contributed by atoms with Crippen molar-refractivity contribution in [1.29, 1.82) is 0 Å². The zero-order chi connectivity index (χ0) is 17.4. The molecule has 0 bridgehead atoms. The Kier molecular flexibility index (Phi) is 8.09. The summed E-state index contributed by atoms with van der Waals surface area (Å²) in [4.78, 5) is 15.6. The maximum atomic E-state index is 12.3. The number of rotatable bonds is 8. The highest BCUT2D eigenvalue weighted by molar-refractivity contribution is 7.99. The standard InChI is InChI=1S/C19H30N2O2S/c1-15-4-5-18(14-16(15)2)24-13-8-19(22)21-10-6-17(7-11-21)23-12-3-9-20/h4-5,14,17H,3,6-13,20H2,1-2H3. The van der Waals surface area contributed by atoms with E-state index in [1.807, 2.05) is 4.90 Å². The molecule has 0 aromatic heterocycles. The van der Waals surface area contributed by atoms with Gasteiger partial charge in [0.2, 0.25) is 5.91 Å². The van der Waals surface area contributed by atoms with Gasteiger partial charge in [-0.2, -0.15) is 0 Å². The zero-order valence-electron chi connectivity index (χ0n) is 14.9. The maximum absolute atomic E-state index is 12.3. The van der Waals surface area contributed by atoms with Gasteiger partial charge in [0.05, 0.1) is 6.10 Å². The summed E-state index contributed by atoms with van der Waals surface area (Å²) in [7, 11) is 0. The van der Waals surface area contributed by atoms with E-state index in [-0.39, 0.29) is 5.91 Å². The van der Waals surface area contributed by atoms with Crippen LogP contribution in [0.2, 0.25) is 0 Å². The summed E-state index contributed by atoms with van der Waals surface area (Å²) in [6.07, 6.45) is 3.71. The van der Waals surface area contributed by atoms with Crippen LogP contribution in [0.25, 0.3) is 0 Å². The first-order valence-electron chi connectivity index (χ1n) is 8.89. The zero-order valence-corrected chi connectivity index (χ0v) is 15.7. The van der Waals surface area contributed by atoms with Gasteiger partial charge in [0.25, 0.3) is 0 Å². The minimum atomic E-state index is 0.270. The molecule has 24 heavy (non-hydrogen) atoms. The van der Waals surface area contributed by atoms with Gasteiger partial charge in [0, 0.05) is 36.8 Å². The highest BCUT2D eigenvalue weighted by Crippen LogP contribution is 2.22. The number of carbonyl (C=O) groups excluding carboxylic acids is 1. The van der Waals surface area contributed by atoms with E-state index in [0.29, 0.717) is 19.1 Å². The smallest absolute Gasteiger partial charge is 0.223 e. The lowest BCUT2D eigenvalue weighted by Gasteiger charge is -2.32. The second kappa shape index (κ2) is 10.1. The molecule has 2 N–H and O–H groups in total. The first-order valence-corrected chi connectivity index (χ1v) is 9.88. The summed E-state index contributed by atoms with van der Waals surface area (Å²) in [5.41, 5.74) is 8.10. The van der Waals surface area contributed by atoms with Crippen LogP contribution < -0.4 is 5.73 Å². The molecule has 1 aromatic rings. The summed E-state index contributed by atoms with van der Waals surface area (Å²) in [6, 6.07) is 6.49. The summed E-state index contributed by atoms with van der Waals surface area (Å²) in [5, 5.41) is 0. The number of carbonyl (C=O) groups is 1. The lowest BCUT2D eigenvalue weighted by atomic mass is 10.1. The predicted molar refractivity (Wildman–Crippen MR) is 100 cm³/mol. The molecule has 1 aromatic carbocycles. The molecule has 1 aliphatic rings. The first kappa shape index (κ1) is 19.3. The summed E-state index contributed by atoms with van der Waals surface area (Å²) >= 11 is 1.77. The van der Waals surface area contributed by atoms with E-state index >= 15 is 0 Å². The third-order valence-electron chi connectivity index (χ3n) is 4.56. The predicted octanol–water partition coefficient (Wildman–Crippen LogP) is 3.14. The van der Waals surface area contributed by atoms with E-state index in [0.717, 1.165) is 44.7 Å². The molecule has 5 heteroatoms. The van der Waals surface area contributed by atoms with Crippen molar-refractivity contribution in [3.8, 4) is 0 Å². The van der Waals surface area contributed by atoms with Crippen molar-refractivity contribution >= 4 is 17.7 Å². The van der Waals surface area contributed by atoms with Gasteiger partial charge in [-0.3, -0.25) is 4.79 Å². The summed E-state index contributed by atoms with van der Waals surface area (Å²) in [5.74, 6) is 1.11. The molecule has 1 fully saturated rings. The fraction of sp³-hybridized carbons (Fsp3) is 0.632. The molecule has 134 valence electrons. The first-order chi connectivity index (χ1) is 11.6. The molecule has 0 radical (unpaired) electrons. The average Bonchev–Trinajstić information content (AvgIpc) is 2.59. The Morgan fingerprint density at radius 1 is 1.29 bits per heavy atom. The molecule has 0 saturated carbocycles. The molecule has 0 aliphatic carbocycles. The fourth-order valence-electron chi connectivity index (χ4n) is 2.82. The van der Waals surface area contributed by atoms with Gasteiger partial charge in [0.1, 0.15) is 0 Å². The normalized spacial score (nSPS) is 15.7. The van der Waals surface area contributed by atoms with E-state index < -0.39 is 0 Å². The quantitative estimate of drug-likeness (QED) is 0.578. The van der Waals surface area contributed by atoms with Crippen LogP contribution in [0.1, 0.15) is 36.8 Å². The molecule has 1 aliphatic heterocycles. The molecule has 1 amide bonds. The van der Waals surface area contributed by atoms with Crippen LogP contribution in [0, 0.1) is 13.8 Å². The van der Waals surface area contributed by atoms with Crippen molar-refractivity contribution in [2.24, 2.45) is 5.73 Å². The lowest BCUT2D eigenvalue weighted by molar-refractivity contribution is -0.133. The van der Waals surface area contributed by atoms with Gasteiger partial charge >= 0.3 is 0 Å². The van der Waals surface area contributed by atoms with E-state index in [4.69, 9.17) is 10.5 Å². The molecule has 4 nitrogen and oxygen atoms in total. The maximum Gasteiger partial charge on any atom is 0.223 e. The van der Waals surface area contributed by atoms with Crippen molar-refractivity contribution in [3.05, 3.63) is 29.3 Å². The van der Waals surface area contributed by atoms with Gasteiger partial charge in [-0.1, -0.05) is 6.07 Å². The van der Waals surface area contributed by atoms with Crippen LogP contribution in [-0.2, 0) is 9.53 Å². The van der Waals surface area contributed by atoms with Crippen LogP contribution >= 0.6 is 11.8 Å². The molecule has 0 atom stereocenters. The van der Waals surface area contributed by atoms with Crippen molar-refractivity contribution in [2.45, 2.75) is 50.5 Å². The third-order valence-corrected chi connectivity index (χ3v) is 5.56. The number of piperidine rings is 1. The minimum Gasteiger partial charge on any atom is -0.378 e. The number of hydrogen-bond acceptors (Lipinski definition) is 4. The average molecular weight is 351 g/mol. The molecular weight excluding hydrogens is 320 g/mol. The number of ether oxygens (including phenoxy) is 1. The number of nitrogens with zero attached hydrogens (tertiary/aromatic N) is 1. The van der Waals surface area contributed by atoms with Crippen LogP contribution in [0.4, 0.5) is 0 Å². The number of amides is 1. The van der Waals surface area contributed by atoms with E-state index in [2.05, 4.69) is 32.0 Å². The van der Waals surface area contributed by atoms with Gasteiger partial charge in [0.15, 0.2) is 0 Å². The number of nitrogens with two attached hydrogens (primary N) is 1. The van der Waals surface area contributed by atoms with Crippen LogP contribution in [-0.4, -0.2) is 48.9 Å². The largest absolute Gasteiger partial charge is 0.378 e. The summed E-state index contributed by atoms with van der Waals surface area (Å²) < 4.78 is 5.79. The van der Waals surface area contributed by atoms with Gasteiger partial charge < -0.3 is 15.4 Å². The molecule has 0 unspecified atom stereocenters. The second-order valence-corrected chi connectivity index (χ2v) is 7.61. The van der Waals surface area contributed by atoms with Crippen molar-refractivity contribution in [1.82, 2.24) is 4.90 Å². The minimum absolute atomic E-state index is 0.270. The fourth-order valence-corrected chi connectivity index (χ4v) is 3.76. The van der Waals surface area contributed by atoms with Gasteiger partial charge in [-0.05, 0) is 62.9 Å². The van der Waals surface area contributed by atoms with Crippen molar-refractivity contribution in [2.75, 3.05) is 32.0 Å². The Bertz CT molecular complexity index is 528. The molecule has 1 saturated heterocycles. The van der Waals surface area contributed by atoms with E-state index in [1.54, 1.807) is 11.8 Å². The van der Waals surface area contributed by atoms with Crippen LogP contribution in [0.5, 0.6) is 0 Å². The van der Waals surface area contributed by atoms with Crippen molar-refractivity contribution in [3.63, 3.8) is 0 Å². The number of aryl methyl sites for hydroxylation is 2. The van der Waals surface area contributed by atoms with Crippen LogP contribution in [0.3, 0.4) is 0 Å². The molecule has 2 rings (SSSR count). The van der Waals surface area contributed by atoms with E-state index in [1.165, 1.54) is 16.0 Å². The molecule has 0 spiro atoms. The Labute approximate surface area is 150 Å². The number of hydrogen-bond donors (Lipinski definition) is 1. The monoisotopic (exact) mass is 350 g/mol. The number of benzene rings is 1. The second-order valence-electron chi connectivity index (χ2n) is 6.44. The highest BCUT2D eigenvalue weighted by Gasteiger charge is 2.22. The SMILES string of the molecule is Cc1ccc(SCCC(=O)N2CCC(OCCCN)CC2)cc1C. The van der Waals surface area contributed by atoms with E-state index in [9.17, 15) is 4.79 Å². The highest BCUT2D eigenvalue weighted by atomic mass is 32.2. The van der Waals surface area contributed by atoms with Gasteiger partial charge in [-0.15, -0.1) is 11.8 Å². The molecule has 1 heterocycles. The van der Waals surface area contributed by atoms with Crippen molar-refractivity contribution < 1.29 is 9.53 Å². The topological polar surface area (TPSA) is 55.6 Å². The lowest BCUT2D eigenvalue weighted by Crippen LogP contribution is -2.41. The Morgan fingerprint density at radius 2 is 2.04 bits per heavy atom. The Morgan fingerprint density at radius 3 is 2.71 bits per heavy atom.